The molecule has 0 aliphatic carbocycles. The summed E-state index contributed by atoms with van der Waals surface area (Å²) in [6, 6.07) is 12.0. The molecule has 11 heteroatoms. The van der Waals surface area contributed by atoms with Gasteiger partial charge in [-0.1, -0.05) is 68.8 Å². The van der Waals surface area contributed by atoms with Crippen LogP contribution in [0.2, 0.25) is 0 Å². The lowest BCUT2D eigenvalue weighted by atomic mass is 9.90. The quantitative estimate of drug-likeness (QED) is 0.283. The molecule has 45 heavy (non-hydrogen) atoms. The molecule has 242 valence electrons. The average Bonchev–Trinajstić information content (AvgIpc) is 3.00. The van der Waals surface area contributed by atoms with Crippen molar-refractivity contribution in [3.8, 4) is 0 Å². The number of esters is 1. The van der Waals surface area contributed by atoms with Gasteiger partial charge < -0.3 is 26.0 Å². The van der Waals surface area contributed by atoms with E-state index in [0.29, 0.717) is 31.4 Å². The molecule has 4 N–H and O–H groups in total. The largest absolute Gasteiger partial charge is 0.467 e. The number of Topliss-reactive ketones (excluding diaryl/α,β-unsaturated/α-hetero) is 1. The number of hydrogen-bond donors (Lipinski definition) is 4. The third kappa shape index (κ3) is 11.8. The van der Waals surface area contributed by atoms with Crippen LogP contribution in [0.4, 0.5) is 9.18 Å². The molecule has 10 nitrogen and oxygen atoms in total. The number of methoxy groups -OCH3 is 1. The van der Waals surface area contributed by atoms with E-state index in [4.69, 9.17) is 4.74 Å². The van der Waals surface area contributed by atoms with Crippen molar-refractivity contribution in [1.82, 2.24) is 21.3 Å². The summed E-state index contributed by atoms with van der Waals surface area (Å²) in [5, 5.41) is 11.1. The van der Waals surface area contributed by atoms with Crippen LogP contribution in [0.25, 0.3) is 0 Å². The van der Waals surface area contributed by atoms with Crippen LogP contribution < -0.4 is 21.3 Å². The van der Waals surface area contributed by atoms with Crippen molar-refractivity contribution in [3.63, 3.8) is 0 Å². The van der Waals surface area contributed by atoms with E-state index in [9.17, 15) is 28.4 Å². The summed E-state index contributed by atoms with van der Waals surface area (Å²) in [7, 11) is 1.24. The average molecular weight is 623 g/mol. The number of amides is 4. The number of nitrogens with one attached hydrogen (secondary N) is 4. The molecule has 0 unspecified atom stereocenters. The van der Waals surface area contributed by atoms with Gasteiger partial charge in [0, 0.05) is 25.0 Å². The Morgan fingerprint density at radius 1 is 1.00 bits per heavy atom. The molecule has 2 aromatic carbocycles. The summed E-state index contributed by atoms with van der Waals surface area (Å²) in [6.07, 6.45) is 4.77. The lowest BCUT2D eigenvalue weighted by Gasteiger charge is -2.25. The first-order valence-electron chi connectivity index (χ1n) is 15.3. The minimum atomic E-state index is -0.977. The van der Waals surface area contributed by atoms with E-state index in [0.717, 1.165) is 5.56 Å². The Hall–Kier alpha value is -4.54. The summed E-state index contributed by atoms with van der Waals surface area (Å²) >= 11 is 0. The highest BCUT2D eigenvalue weighted by Gasteiger charge is 2.31. The SMILES string of the molecule is COC(=O)[C@@H](NC(=O)N[C@@H](Cc1ccccc1)C(=O)C[C@H]1CCCCNC(=O)/C=C/[C@H](Cc2cccc(F)c2)NC1=O)C(C)C. The van der Waals surface area contributed by atoms with E-state index < -0.39 is 41.9 Å². The van der Waals surface area contributed by atoms with Crippen molar-refractivity contribution in [2.75, 3.05) is 13.7 Å². The Kier molecular flexibility index (Phi) is 13.7. The molecule has 0 saturated carbocycles. The minimum Gasteiger partial charge on any atom is -0.467 e. The van der Waals surface area contributed by atoms with E-state index in [2.05, 4.69) is 21.3 Å². The molecular formula is C34H43FN4O6. The van der Waals surface area contributed by atoms with Crippen molar-refractivity contribution >= 4 is 29.6 Å². The summed E-state index contributed by atoms with van der Waals surface area (Å²) < 4.78 is 18.7. The number of urea groups is 1. The zero-order valence-electron chi connectivity index (χ0n) is 26.0. The van der Waals surface area contributed by atoms with Gasteiger partial charge in [0.1, 0.15) is 11.9 Å². The van der Waals surface area contributed by atoms with E-state index in [1.165, 1.54) is 25.3 Å². The van der Waals surface area contributed by atoms with Crippen LogP contribution in [0.1, 0.15) is 50.7 Å². The maximum absolute atomic E-state index is 13.9. The van der Waals surface area contributed by atoms with E-state index in [1.807, 2.05) is 30.3 Å². The summed E-state index contributed by atoms with van der Waals surface area (Å²) in [5.41, 5.74) is 1.44. The molecule has 0 aromatic heterocycles. The topological polar surface area (TPSA) is 143 Å². The summed E-state index contributed by atoms with van der Waals surface area (Å²) in [5.74, 6) is -2.99. The molecule has 0 spiro atoms. The predicted molar refractivity (Wildman–Crippen MR) is 167 cm³/mol. The van der Waals surface area contributed by atoms with E-state index in [1.54, 1.807) is 32.1 Å². The van der Waals surface area contributed by atoms with E-state index >= 15 is 0 Å². The molecule has 1 heterocycles. The van der Waals surface area contributed by atoms with Gasteiger partial charge in [-0.2, -0.15) is 0 Å². The van der Waals surface area contributed by atoms with Gasteiger partial charge in [0.15, 0.2) is 5.78 Å². The fraction of sp³-hybridized carbons (Fsp3) is 0.441. The number of carbonyl (C=O) groups excluding carboxylic acids is 5. The molecule has 0 radical (unpaired) electrons. The number of halogens is 1. The number of ketones is 1. The van der Waals surface area contributed by atoms with Crippen LogP contribution in [0.15, 0.2) is 66.7 Å². The van der Waals surface area contributed by atoms with Gasteiger partial charge >= 0.3 is 12.0 Å². The third-order valence-electron chi connectivity index (χ3n) is 7.63. The van der Waals surface area contributed by atoms with Crippen LogP contribution in [0.5, 0.6) is 0 Å². The normalized spacial score (nSPS) is 19.5. The van der Waals surface area contributed by atoms with Crippen LogP contribution in [0.3, 0.4) is 0 Å². The standard InChI is InChI=1S/C34H43FN4O6/c1-22(2)31(33(43)45-3)39-34(44)38-28(20-23-10-5-4-6-11-23)29(40)21-25-13-7-8-17-36-30(41)16-15-27(37-32(25)42)19-24-12-9-14-26(35)18-24/h4-6,9-12,14-16,18,22,25,27-28,31H,7-8,13,17,19-21H2,1-3H3,(H,36,41)(H,37,42)(H2,38,39,44)/b16-15+/t25-,27-,28+,31+/m1/s1. The number of benzene rings is 2. The lowest BCUT2D eigenvalue weighted by Crippen LogP contribution is -2.53. The molecule has 1 aliphatic rings. The third-order valence-corrected chi connectivity index (χ3v) is 7.63. The second kappa shape index (κ2) is 17.7. The first kappa shape index (κ1) is 34.9. The molecule has 2 aromatic rings. The Labute approximate surface area is 263 Å². The molecular weight excluding hydrogens is 579 g/mol. The van der Waals surface area contributed by atoms with Crippen molar-refractivity contribution in [3.05, 3.63) is 83.7 Å². The zero-order valence-corrected chi connectivity index (χ0v) is 26.0. The van der Waals surface area contributed by atoms with Gasteiger partial charge in [0.2, 0.25) is 11.8 Å². The summed E-state index contributed by atoms with van der Waals surface area (Å²) in [6.45, 7) is 3.94. The van der Waals surface area contributed by atoms with Crippen molar-refractivity contribution in [2.45, 2.75) is 70.5 Å². The highest BCUT2D eigenvalue weighted by Crippen LogP contribution is 2.18. The van der Waals surface area contributed by atoms with Crippen LogP contribution >= 0.6 is 0 Å². The maximum Gasteiger partial charge on any atom is 0.328 e. The van der Waals surface area contributed by atoms with E-state index in [-0.39, 0.29) is 42.8 Å². The Morgan fingerprint density at radius 2 is 1.73 bits per heavy atom. The van der Waals surface area contributed by atoms with Gasteiger partial charge in [-0.3, -0.25) is 14.4 Å². The second-order valence-electron chi connectivity index (χ2n) is 11.6. The molecule has 1 aliphatic heterocycles. The summed E-state index contributed by atoms with van der Waals surface area (Å²) in [4.78, 5) is 64.9. The van der Waals surface area contributed by atoms with Crippen molar-refractivity contribution in [2.24, 2.45) is 11.8 Å². The molecule has 4 atom stereocenters. The van der Waals surface area contributed by atoms with Crippen molar-refractivity contribution < 1.29 is 33.1 Å². The monoisotopic (exact) mass is 622 g/mol. The Bertz CT molecular complexity index is 1350. The Morgan fingerprint density at radius 3 is 2.42 bits per heavy atom. The molecule has 3 rings (SSSR count). The molecule has 0 saturated heterocycles. The smallest absolute Gasteiger partial charge is 0.328 e. The number of hydrogen-bond acceptors (Lipinski definition) is 6. The number of ether oxygens (including phenoxy) is 1. The van der Waals surface area contributed by atoms with Crippen LogP contribution in [-0.2, 0) is 36.8 Å². The van der Waals surface area contributed by atoms with Gasteiger partial charge in [-0.05, 0) is 54.9 Å². The second-order valence-corrected chi connectivity index (χ2v) is 11.6. The van der Waals surface area contributed by atoms with Crippen LogP contribution in [0, 0.1) is 17.7 Å². The molecule has 0 fully saturated rings. The number of rotatable bonds is 11. The highest BCUT2D eigenvalue weighted by atomic mass is 19.1. The maximum atomic E-state index is 13.9. The molecule has 4 amide bonds. The van der Waals surface area contributed by atoms with Crippen molar-refractivity contribution in [1.29, 1.82) is 0 Å². The van der Waals surface area contributed by atoms with Gasteiger partial charge in [0.25, 0.3) is 0 Å². The predicted octanol–water partition coefficient (Wildman–Crippen LogP) is 3.39. The molecule has 0 bridgehead atoms. The highest BCUT2D eigenvalue weighted by molar-refractivity contribution is 5.93. The first-order chi connectivity index (χ1) is 21.5. The number of carbonyl (C=O) groups is 5. The van der Waals surface area contributed by atoms with Gasteiger partial charge in [0.05, 0.1) is 19.2 Å². The Balaban J connectivity index is 1.81. The first-order valence-corrected chi connectivity index (χ1v) is 15.3. The fourth-order valence-electron chi connectivity index (χ4n) is 5.15. The van der Waals surface area contributed by atoms with Gasteiger partial charge in [-0.15, -0.1) is 0 Å². The van der Waals surface area contributed by atoms with Gasteiger partial charge in [-0.25, -0.2) is 14.0 Å². The lowest BCUT2D eigenvalue weighted by molar-refractivity contribution is -0.144. The zero-order chi connectivity index (χ0) is 32.8. The van der Waals surface area contributed by atoms with Crippen LogP contribution in [-0.4, -0.2) is 61.4 Å². The minimum absolute atomic E-state index is 0.142. The fourth-order valence-corrected chi connectivity index (χ4v) is 5.15.